The molecule has 0 saturated heterocycles. The molecule has 2 aromatic rings. The maximum atomic E-state index is 13.7. The molecule has 0 unspecified atom stereocenters. The summed E-state index contributed by atoms with van der Waals surface area (Å²) >= 11 is 1.50. The zero-order valence-electron chi connectivity index (χ0n) is 19.5. The van der Waals surface area contributed by atoms with E-state index in [1.54, 1.807) is 17.0 Å². The van der Waals surface area contributed by atoms with Gasteiger partial charge in [-0.25, -0.2) is 9.18 Å². The minimum absolute atomic E-state index is 0.0523. The van der Waals surface area contributed by atoms with Crippen LogP contribution < -0.4 is 10.6 Å². The van der Waals surface area contributed by atoms with Gasteiger partial charge in [-0.05, 0) is 61.8 Å². The Morgan fingerprint density at radius 2 is 1.89 bits per heavy atom. The molecule has 8 heteroatoms. The molecule has 2 heterocycles. The summed E-state index contributed by atoms with van der Waals surface area (Å²) in [5.74, 6) is -1.34. The third-order valence-corrected chi connectivity index (χ3v) is 8.39. The summed E-state index contributed by atoms with van der Waals surface area (Å²) in [7, 11) is 1.36. The monoisotopic (exact) mass is 491 g/mol. The molecular formula is C27H26FN3O3S. The number of ketones is 1. The van der Waals surface area contributed by atoms with Crippen LogP contribution >= 0.6 is 11.3 Å². The minimum Gasteiger partial charge on any atom is -0.465 e. The third-order valence-electron chi connectivity index (χ3n) is 7.11. The van der Waals surface area contributed by atoms with Gasteiger partial charge in [-0.15, -0.1) is 11.3 Å². The average molecular weight is 492 g/mol. The number of methoxy groups -OCH3 is 1. The van der Waals surface area contributed by atoms with E-state index in [0.717, 1.165) is 42.5 Å². The molecule has 1 aromatic carbocycles. The molecule has 0 bridgehead atoms. The quantitative estimate of drug-likeness (QED) is 0.465. The standard InChI is InChI=1S/C27H26FN3O3S/c1-34-27(33)23-17-6-3-2-4-9-21(17)35-26(23)31-19-7-5-8-20(32)24(19)22(18(14-29)25(31)30)15-10-12-16(28)13-11-15/h10-13,22H,2-9,30H2,1H3/t22-/m1/s1. The van der Waals surface area contributed by atoms with Crippen LogP contribution in [0.15, 0.2) is 46.9 Å². The largest absolute Gasteiger partial charge is 0.465 e. The number of rotatable bonds is 3. The van der Waals surface area contributed by atoms with Gasteiger partial charge in [0.1, 0.15) is 16.6 Å². The Bertz CT molecular complexity index is 1320. The number of benzene rings is 1. The number of fused-ring (bicyclic) bond motifs is 1. The molecule has 0 spiro atoms. The smallest absolute Gasteiger partial charge is 0.341 e. The fourth-order valence-electron chi connectivity index (χ4n) is 5.51. The van der Waals surface area contributed by atoms with E-state index in [9.17, 15) is 19.2 Å². The number of anilines is 1. The van der Waals surface area contributed by atoms with Crippen molar-refractivity contribution in [1.29, 1.82) is 5.26 Å². The summed E-state index contributed by atoms with van der Waals surface area (Å²) < 4.78 is 18.8. The number of hydrogen-bond acceptors (Lipinski definition) is 7. The van der Waals surface area contributed by atoms with Gasteiger partial charge in [0.25, 0.3) is 0 Å². The van der Waals surface area contributed by atoms with Gasteiger partial charge in [0, 0.05) is 22.6 Å². The molecule has 0 fully saturated rings. The fourth-order valence-corrected chi connectivity index (χ4v) is 6.92. The highest BCUT2D eigenvalue weighted by Gasteiger charge is 2.42. The van der Waals surface area contributed by atoms with Crippen LogP contribution in [0.1, 0.15) is 70.8 Å². The van der Waals surface area contributed by atoms with Crippen molar-refractivity contribution in [1.82, 2.24) is 0 Å². The summed E-state index contributed by atoms with van der Waals surface area (Å²) in [6.07, 6.45) is 6.39. The number of thiophene rings is 1. The Hall–Kier alpha value is -3.44. The highest BCUT2D eigenvalue weighted by Crippen LogP contribution is 2.50. The van der Waals surface area contributed by atoms with E-state index in [1.165, 1.54) is 30.6 Å². The van der Waals surface area contributed by atoms with Gasteiger partial charge < -0.3 is 10.5 Å². The zero-order valence-corrected chi connectivity index (χ0v) is 20.3. The zero-order chi connectivity index (χ0) is 24.7. The molecule has 35 heavy (non-hydrogen) atoms. The lowest BCUT2D eigenvalue weighted by Gasteiger charge is -2.39. The first-order valence-corrected chi connectivity index (χ1v) is 12.7. The highest BCUT2D eigenvalue weighted by atomic mass is 32.1. The van der Waals surface area contributed by atoms with Crippen LogP contribution in [0, 0.1) is 17.1 Å². The number of nitrogens with zero attached hydrogens (tertiary/aromatic N) is 2. The first-order chi connectivity index (χ1) is 17.0. The number of Topliss-reactive ketones (excluding diaryl/α,β-unsaturated/α-hetero) is 1. The van der Waals surface area contributed by atoms with Crippen LogP contribution in [0.25, 0.3) is 0 Å². The van der Waals surface area contributed by atoms with Crippen molar-refractivity contribution in [3.8, 4) is 6.07 Å². The molecular weight excluding hydrogens is 465 g/mol. The lowest BCUT2D eigenvalue weighted by atomic mass is 9.75. The molecule has 6 nitrogen and oxygen atoms in total. The lowest BCUT2D eigenvalue weighted by molar-refractivity contribution is -0.116. The fraction of sp³-hybridized carbons (Fsp3) is 0.370. The predicted octanol–water partition coefficient (Wildman–Crippen LogP) is 5.25. The molecule has 5 rings (SSSR count). The second-order valence-corrected chi connectivity index (χ2v) is 10.2. The van der Waals surface area contributed by atoms with E-state index in [-0.39, 0.29) is 17.2 Å². The van der Waals surface area contributed by atoms with Crippen LogP contribution in [0.4, 0.5) is 9.39 Å². The van der Waals surface area contributed by atoms with Crippen molar-refractivity contribution in [3.63, 3.8) is 0 Å². The average Bonchev–Trinajstić information content (AvgIpc) is 3.05. The van der Waals surface area contributed by atoms with E-state index in [1.807, 2.05) is 0 Å². The van der Waals surface area contributed by atoms with Gasteiger partial charge in [0.05, 0.1) is 30.2 Å². The van der Waals surface area contributed by atoms with Crippen LogP contribution in [-0.4, -0.2) is 18.9 Å². The Labute approximate surface area is 207 Å². The van der Waals surface area contributed by atoms with Crippen molar-refractivity contribution in [2.45, 2.75) is 57.3 Å². The van der Waals surface area contributed by atoms with E-state index in [0.29, 0.717) is 46.7 Å². The Kier molecular flexibility index (Phi) is 6.20. The maximum Gasteiger partial charge on any atom is 0.341 e. The lowest BCUT2D eigenvalue weighted by Crippen LogP contribution is -2.39. The van der Waals surface area contributed by atoms with Crippen molar-refractivity contribution in [3.05, 3.63) is 74.3 Å². The first kappa shape index (κ1) is 23.3. The number of ether oxygens (including phenoxy) is 1. The van der Waals surface area contributed by atoms with Crippen LogP contribution in [0.5, 0.6) is 0 Å². The van der Waals surface area contributed by atoms with Crippen molar-refractivity contribution >= 4 is 28.1 Å². The Morgan fingerprint density at radius 3 is 2.60 bits per heavy atom. The molecule has 2 N–H and O–H groups in total. The number of carbonyl (C=O) groups is 2. The number of esters is 1. The number of carbonyl (C=O) groups excluding carboxylic acids is 2. The topological polar surface area (TPSA) is 96.4 Å². The number of hydrogen-bond donors (Lipinski definition) is 1. The van der Waals surface area contributed by atoms with Gasteiger partial charge >= 0.3 is 5.97 Å². The van der Waals surface area contributed by atoms with Gasteiger partial charge in [0.15, 0.2) is 5.78 Å². The molecule has 1 aromatic heterocycles. The van der Waals surface area contributed by atoms with Crippen LogP contribution in [0.2, 0.25) is 0 Å². The van der Waals surface area contributed by atoms with E-state index in [2.05, 4.69) is 6.07 Å². The number of nitrogens with two attached hydrogens (primary N) is 1. The predicted molar refractivity (Wildman–Crippen MR) is 131 cm³/mol. The van der Waals surface area contributed by atoms with Gasteiger partial charge in [0.2, 0.25) is 0 Å². The Balaban J connectivity index is 1.76. The SMILES string of the molecule is COC(=O)c1c(N2C(N)=C(C#N)[C@@H](c3ccc(F)cc3)C3=C2CCCC3=O)sc2c1CCCCC2. The van der Waals surface area contributed by atoms with Gasteiger partial charge in [-0.3, -0.25) is 9.69 Å². The van der Waals surface area contributed by atoms with Gasteiger partial charge in [-0.1, -0.05) is 18.6 Å². The highest BCUT2D eigenvalue weighted by molar-refractivity contribution is 7.16. The summed E-state index contributed by atoms with van der Waals surface area (Å²) in [5.41, 5.74) is 10.3. The summed E-state index contributed by atoms with van der Waals surface area (Å²) in [5, 5.41) is 10.8. The maximum absolute atomic E-state index is 13.7. The van der Waals surface area contributed by atoms with Crippen LogP contribution in [0.3, 0.4) is 0 Å². The molecule has 0 saturated carbocycles. The minimum atomic E-state index is -0.668. The number of halogens is 1. The second kappa shape index (κ2) is 9.31. The van der Waals surface area contributed by atoms with E-state index in [4.69, 9.17) is 10.5 Å². The van der Waals surface area contributed by atoms with Crippen LogP contribution in [-0.2, 0) is 22.4 Å². The number of nitriles is 1. The molecule has 1 atom stereocenters. The molecule has 2 aliphatic carbocycles. The second-order valence-electron chi connectivity index (χ2n) is 9.10. The summed E-state index contributed by atoms with van der Waals surface area (Å²) in [6, 6.07) is 8.07. The normalized spacial score (nSPS) is 20.2. The molecule has 180 valence electrons. The summed E-state index contributed by atoms with van der Waals surface area (Å²) in [4.78, 5) is 29.3. The molecule has 1 aliphatic heterocycles. The van der Waals surface area contributed by atoms with Crippen molar-refractivity contribution in [2.75, 3.05) is 12.0 Å². The summed E-state index contributed by atoms with van der Waals surface area (Å²) in [6.45, 7) is 0. The van der Waals surface area contributed by atoms with E-state index >= 15 is 0 Å². The third kappa shape index (κ3) is 3.84. The first-order valence-electron chi connectivity index (χ1n) is 11.9. The molecule has 0 amide bonds. The number of allylic oxidation sites excluding steroid dienone is 3. The number of aryl methyl sites for hydroxylation is 1. The molecule has 3 aliphatic rings. The van der Waals surface area contributed by atoms with Crippen molar-refractivity contribution < 1.29 is 18.7 Å². The van der Waals surface area contributed by atoms with E-state index < -0.39 is 17.7 Å². The molecule has 0 radical (unpaired) electrons. The Morgan fingerprint density at radius 1 is 1.14 bits per heavy atom. The van der Waals surface area contributed by atoms with Gasteiger partial charge in [-0.2, -0.15) is 5.26 Å². The van der Waals surface area contributed by atoms with Crippen molar-refractivity contribution in [2.24, 2.45) is 5.73 Å².